The van der Waals surface area contributed by atoms with Crippen molar-refractivity contribution in [2.75, 3.05) is 26.8 Å². The molecule has 5 nitrogen and oxygen atoms in total. The molecule has 140 valence electrons. The van der Waals surface area contributed by atoms with Gasteiger partial charge in [0.2, 0.25) is 0 Å². The molecule has 0 amide bonds. The second-order valence-electron chi connectivity index (χ2n) is 6.83. The highest BCUT2D eigenvalue weighted by molar-refractivity contribution is 14.0. The summed E-state index contributed by atoms with van der Waals surface area (Å²) < 4.78 is 11.2. The van der Waals surface area contributed by atoms with Gasteiger partial charge in [0.25, 0.3) is 0 Å². The summed E-state index contributed by atoms with van der Waals surface area (Å²) >= 11 is 0. The van der Waals surface area contributed by atoms with E-state index in [2.05, 4.69) is 34.7 Å². The van der Waals surface area contributed by atoms with Crippen molar-refractivity contribution in [3.63, 3.8) is 0 Å². The standard InChI is InChI=1S/C19H29N3O2.HI/c1-14-3-6-16(7-4-14)22-19(20-2)21-10-9-15-5-8-17-18(13-15)24-12-11-23-17;/h5,8,13-14,16H,3-4,6-7,9-12H2,1-2H3,(H2,20,21,22);1H. The summed E-state index contributed by atoms with van der Waals surface area (Å²) in [4.78, 5) is 4.35. The highest BCUT2D eigenvalue weighted by atomic mass is 127. The number of hydrogen-bond acceptors (Lipinski definition) is 3. The number of ether oxygens (including phenoxy) is 2. The first kappa shape index (κ1) is 20.1. The van der Waals surface area contributed by atoms with E-state index >= 15 is 0 Å². The van der Waals surface area contributed by atoms with E-state index in [9.17, 15) is 0 Å². The highest BCUT2D eigenvalue weighted by Gasteiger charge is 2.18. The zero-order valence-corrected chi connectivity index (χ0v) is 17.5. The predicted molar refractivity (Wildman–Crippen MR) is 112 cm³/mol. The van der Waals surface area contributed by atoms with Crippen LogP contribution in [0.4, 0.5) is 0 Å². The summed E-state index contributed by atoms with van der Waals surface area (Å²) in [5.41, 5.74) is 1.24. The normalized spacial score (nSPS) is 22.7. The van der Waals surface area contributed by atoms with Crippen LogP contribution in [0, 0.1) is 5.92 Å². The lowest BCUT2D eigenvalue weighted by molar-refractivity contribution is 0.171. The molecule has 25 heavy (non-hydrogen) atoms. The third-order valence-electron chi connectivity index (χ3n) is 4.89. The van der Waals surface area contributed by atoms with Crippen LogP contribution in [0.15, 0.2) is 23.2 Å². The van der Waals surface area contributed by atoms with Gasteiger partial charge in [-0.2, -0.15) is 0 Å². The molecule has 0 spiro atoms. The minimum absolute atomic E-state index is 0. The smallest absolute Gasteiger partial charge is 0.191 e. The maximum Gasteiger partial charge on any atom is 0.191 e. The van der Waals surface area contributed by atoms with Gasteiger partial charge in [-0.3, -0.25) is 4.99 Å². The summed E-state index contributed by atoms with van der Waals surface area (Å²) in [5, 5.41) is 6.98. The fourth-order valence-electron chi connectivity index (χ4n) is 3.36. The topological polar surface area (TPSA) is 54.9 Å². The third-order valence-corrected chi connectivity index (χ3v) is 4.89. The number of nitrogens with one attached hydrogen (secondary N) is 2. The van der Waals surface area contributed by atoms with Crippen LogP contribution in [-0.2, 0) is 6.42 Å². The summed E-state index contributed by atoms with van der Waals surface area (Å²) in [6, 6.07) is 6.74. The number of hydrogen-bond donors (Lipinski definition) is 2. The molecule has 0 unspecified atom stereocenters. The van der Waals surface area contributed by atoms with Crippen LogP contribution in [0.3, 0.4) is 0 Å². The first-order valence-electron chi connectivity index (χ1n) is 9.10. The average Bonchev–Trinajstić information content (AvgIpc) is 2.62. The van der Waals surface area contributed by atoms with Gasteiger partial charge in [0.15, 0.2) is 17.5 Å². The van der Waals surface area contributed by atoms with Crippen molar-refractivity contribution in [2.24, 2.45) is 10.9 Å². The van der Waals surface area contributed by atoms with E-state index in [1.165, 1.54) is 31.2 Å². The minimum atomic E-state index is 0. The molecular weight excluding hydrogens is 429 g/mol. The Bertz CT molecular complexity index is 572. The fraction of sp³-hybridized carbons (Fsp3) is 0.632. The quantitative estimate of drug-likeness (QED) is 0.412. The Kier molecular flexibility index (Phi) is 8.12. The zero-order valence-electron chi connectivity index (χ0n) is 15.2. The Morgan fingerprint density at radius 3 is 2.56 bits per heavy atom. The number of nitrogens with zero attached hydrogens (tertiary/aromatic N) is 1. The van der Waals surface area contributed by atoms with Crippen molar-refractivity contribution < 1.29 is 9.47 Å². The molecule has 1 aromatic rings. The van der Waals surface area contributed by atoms with Gasteiger partial charge in [-0.25, -0.2) is 0 Å². The molecule has 0 atom stereocenters. The van der Waals surface area contributed by atoms with Gasteiger partial charge in [-0.15, -0.1) is 24.0 Å². The average molecular weight is 459 g/mol. The lowest BCUT2D eigenvalue weighted by Gasteiger charge is -2.28. The minimum Gasteiger partial charge on any atom is -0.486 e. The fourth-order valence-corrected chi connectivity index (χ4v) is 3.36. The van der Waals surface area contributed by atoms with Crippen LogP contribution in [0.5, 0.6) is 11.5 Å². The molecule has 1 aromatic carbocycles. The van der Waals surface area contributed by atoms with E-state index in [4.69, 9.17) is 9.47 Å². The highest BCUT2D eigenvalue weighted by Crippen LogP contribution is 2.30. The molecule has 3 rings (SSSR count). The number of fused-ring (bicyclic) bond motifs is 1. The molecule has 0 saturated heterocycles. The van der Waals surface area contributed by atoms with Gasteiger partial charge < -0.3 is 20.1 Å². The van der Waals surface area contributed by atoms with Crippen LogP contribution >= 0.6 is 24.0 Å². The molecule has 1 aliphatic carbocycles. The maximum absolute atomic E-state index is 5.64. The molecular formula is C19H30IN3O2. The van der Waals surface area contributed by atoms with E-state index < -0.39 is 0 Å². The Balaban J connectivity index is 0.00000225. The van der Waals surface area contributed by atoms with Gasteiger partial charge >= 0.3 is 0 Å². The van der Waals surface area contributed by atoms with Crippen molar-refractivity contribution in [3.8, 4) is 11.5 Å². The first-order valence-corrected chi connectivity index (χ1v) is 9.10. The molecule has 1 fully saturated rings. The lowest BCUT2D eigenvalue weighted by Crippen LogP contribution is -2.45. The summed E-state index contributed by atoms with van der Waals surface area (Å²) in [7, 11) is 1.84. The maximum atomic E-state index is 5.64. The van der Waals surface area contributed by atoms with Crippen LogP contribution in [-0.4, -0.2) is 38.8 Å². The van der Waals surface area contributed by atoms with Gasteiger partial charge in [0.05, 0.1) is 0 Å². The predicted octanol–water partition coefficient (Wildman–Crippen LogP) is 3.36. The zero-order chi connectivity index (χ0) is 16.8. The van der Waals surface area contributed by atoms with Crippen LogP contribution in [0.2, 0.25) is 0 Å². The molecule has 1 aliphatic heterocycles. The van der Waals surface area contributed by atoms with Gasteiger partial charge in [-0.1, -0.05) is 13.0 Å². The Hall–Kier alpha value is -1.18. The van der Waals surface area contributed by atoms with E-state index in [0.29, 0.717) is 19.3 Å². The van der Waals surface area contributed by atoms with Crippen LogP contribution in [0.1, 0.15) is 38.2 Å². The van der Waals surface area contributed by atoms with Crippen molar-refractivity contribution in [1.82, 2.24) is 10.6 Å². The van der Waals surface area contributed by atoms with Crippen molar-refractivity contribution in [3.05, 3.63) is 23.8 Å². The van der Waals surface area contributed by atoms with Crippen LogP contribution in [0.25, 0.3) is 0 Å². The lowest BCUT2D eigenvalue weighted by atomic mass is 9.87. The Morgan fingerprint density at radius 1 is 1.12 bits per heavy atom. The Labute approximate surface area is 168 Å². The van der Waals surface area contributed by atoms with E-state index in [1.807, 2.05) is 13.1 Å². The van der Waals surface area contributed by atoms with Gasteiger partial charge in [-0.05, 0) is 55.7 Å². The van der Waals surface area contributed by atoms with Crippen LogP contribution < -0.4 is 20.1 Å². The van der Waals surface area contributed by atoms with E-state index in [0.717, 1.165) is 36.3 Å². The number of guanidine groups is 1. The molecule has 6 heteroatoms. The Morgan fingerprint density at radius 2 is 1.84 bits per heavy atom. The second-order valence-corrected chi connectivity index (χ2v) is 6.83. The second kappa shape index (κ2) is 10.1. The molecule has 1 saturated carbocycles. The first-order chi connectivity index (χ1) is 11.7. The molecule has 0 radical (unpaired) electrons. The SMILES string of the molecule is CN=C(NCCc1ccc2c(c1)OCCO2)NC1CCC(C)CC1.I. The summed E-state index contributed by atoms with van der Waals surface area (Å²) in [5.74, 6) is 3.49. The number of rotatable bonds is 4. The van der Waals surface area contributed by atoms with Crippen molar-refractivity contribution in [2.45, 2.75) is 45.1 Å². The monoisotopic (exact) mass is 459 g/mol. The van der Waals surface area contributed by atoms with Crippen molar-refractivity contribution >= 4 is 29.9 Å². The molecule has 2 N–H and O–H groups in total. The van der Waals surface area contributed by atoms with Crippen molar-refractivity contribution in [1.29, 1.82) is 0 Å². The molecule has 2 aliphatic rings. The van der Waals surface area contributed by atoms with E-state index in [-0.39, 0.29) is 24.0 Å². The van der Waals surface area contributed by atoms with Gasteiger partial charge in [0, 0.05) is 19.6 Å². The molecule has 1 heterocycles. The third kappa shape index (κ3) is 5.94. The summed E-state index contributed by atoms with van der Waals surface area (Å²) in [6.07, 6.45) is 6.03. The van der Waals surface area contributed by atoms with E-state index in [1.54, 1.807) is 0 Å². The number of halogens is 1. The molecule has 0 bridgehead atoms. The number of benzene rings is 1. The largest absolute Gasteiger partial charge is 0.486 e. The molecule has 0 aromatic heterocycles. The van der Waals surface area contributed by atoms with Gasteiger partial charge in [0.1, 0.15) is 13.2 Å². The number of aliphatic imine (C=N–C) groups is 1. The summed E-state index contributed by atoms with van der Waals surface area (Å²) in [6.45, 7) is 4.46.